The van der Waals surface area contributed by atoms with Crippen LogP contribution in [0.3, 0.4) is 0 Å². The Morgan fingerprint density at radius 1 is 1.11 bits per heavy atom. The van der Waals surface area contributed by atoms with Gasteiger partial charge in [-0.15, -0.1) is 0 Å². The van der Waals surface area contributed by atoms with Gasteiger partial charge in [-0.1, -0.05) is 24.3 Å². The predicted molar refractivity (Wildman–Crippen MR) is 72.1 cm³/mol. The zero-order chi connectivity index (χ0) is 13.0. The topological polar surface area (TPSA) is 38.3 Å². The van der Waals surface area contributed by atoms with Crippen LogP contribution in [0.2, 0.25) is 0 Å². The Hall–Kier alpha value is -2.29. The number of para-hydroxylation sites is 1. The summed E-state index contributed by atoms with van der Waals surface area (Å²) in [5.41, 5.74) is 2.42. The number of hydrogen-bond donors (Lipinski definition) is 1. The van der Waals surface area contributed by atoms with Crippen molar-refractivity contribution in [2.75, 3.05) is 12.4 Å². The third-order valence-corrected chi connectivity index (χ3v) is 2.63. The Kier molecular flexibility index (Phi) is 3.63. The Labute approximate surface area is 106 Å². The number of carbonyl (C=O) groups is 1. The van der Waals surface area contributed by atoms with Crippen LogP contribution in [0, 0.1) is 6.92 Å². The van der Waals surface area contributed by atoms with E-state index in [-0.39, 0.29) is 5.91 Å². The molecule has 0 radical (unpaired) electrons. The SMILES string of the molecule is COc1ccccc1C(=O)Nc1cccc(C)c1. The molecule has 0 spiro atoms. The van der Waals surface area contributed by atoms with Gasteiger partial charge in [-0.2, -0.15) is 0 Å². The van der Waals surface area contributed by atoms with E-state index in [1.807, 2.05) is 43.3 Å². The van der Waals surface area contributed by atoms with Crippen LogP contribution in [0.4, 0.5) is 5.69 Å². The van der Waals surface area contributed by atoms with Gasteiger partial charge < -0.3 is 10.1 Å². The van der Waals surface area contributed by atoms with Gasteiger partial charge in [0.05, 0.1) is 12.7 Å². The second-order valence-corrected chi connectivity index (χ2v) is 4.02. The van der Waals surface area contributed by atoms with Crippen molar-refractivity contribution < 1.29 is 9.53 Å². The number of methoxy groups -OCH3 is 1. The molecular weight excluding hydrogens is 226 g/mol. The summed E-state index contributed by atoms with van der Waals surface area (Å²) in [4.78, 5) is 12.1. The van der Waals surface area contributed by atoms with Gasteiger partial charge in [-0.25, -0.2) is 0 Å². The Bertz CT molecular complexity index is 564. The second-order valence-electron chi connectivity index (χ2n) is 4.02. The van der Waals surface area contributed by atoms with Crippen molar-refractivity contribution in [3.63, 3.8) is 0 Å². The Morgan fingerprint density at radius 2 is 1.89 bits per heavy atom. The molecule has 2 aromatic rings. The zero-order valence-electron chi connectivity index (χ0n) is 10.4. The maximum Gasteiger partial charge on any atom is 0.259 e. The lowest BCUT2D eigenvalue weighted by Gasteiger charge is -2.09. The van der Waals surface area contributed by atoms with Gasteiger partial charge in [0.25, 0.3) is 5.91 Å². The summed E-state index contributed by atoms with van der Waals surface area (Å²) in [6.45, 7) is 1.98. The first-order valence-electron chi connectivity index (χ1n) is 5.72. The van der Waals surface area contributed by atoms with E-state index in [0.717, 1.165) is 11.3 Å². The molecule has 3 nitrogen and oxygen atoms in total. The average molecular weight is 241 g/mol. The molecule has 18 heavy (non-hydrogen) atoms. The van der Waals surface area contributed by atoms with Crippen LogP contribution in [-0.4, -0.2) is 13.0 Å². The van der Waals surface area contributed by atoms with Gasteiger partial charge in [0.15, 0.2) is 0 Å². The number of rotatable bonds is 3. The molecule has 0 aliphatic heterocycles. The maximum absolute atomic E-state index is 12.1. The second kappa shape index (κ2) is 5.36. The van der Waals surface area contributed by atoms with Crippen LogP contribution in [-0.2, 0) is 0 Å². The molecule has 0 fully saturated rings. The molecule has 0 aromatic heterocycles. The van der Waals surface area contributed by atoms with E-state index in [2.05, 4.69) is 5.32 Å². The molecule has 2 rings (SSSR count). The molecule has 0 bridgehead atoms. The number of nitrogens with one attached hydrogen (secondary N) is 1. The minimum Gasteiger partial charge on any atom is -0.496 e. The van der Waals surface area contributed by atoms with Gasteiger partial charge in [0.2, 0.25) is 0 Å². The lowest BCUT2D eigenvalue weighted by Crippen LogP contribution is -2.13. The fourth-order valence-electron chi connectivity index (χ4n) is 1.75. The van der Waals surface area contributed by atoms with Crippen LogP contribution in [0.25, 0.3) is 0 Å². The largest absolute Gasteiger partial charge is 0.496 e. The first-order valence-corrected chi connectivity index (χ1v) is 5.72. The molecule has 0 saturated heterocycles. The van der Waals surface area contributed by atoms with Crippen molar-refractivity contribution in [1.82, 2.24) is 0 Å². The predicted octanol–water partition coefficient (Wildman–Crippen LogP) is 3.26. The van der Waals surface area contributed by atoms with Crippen LogP contribution in [0.1, 0.15) is 15.9 Å². The van der Waals surface area contributed by atoms with E-state index >= 15 is 0 Å². The summed E-state index contributed by atoms with van der Waals surface area (Å²) >= 11 is 0. The summed E-state index contributed by atoms with van der Waals surface area (Å²) in [7, 11) is 1.55. The van der Waals surface area contributed by atoms with Crippen LogP contribution >= 0.6 is 0 Å². The summed E-state index contributed by atoms with van der Waals surface area (Å²) in [6, 6.07) is 14.8. The fourth-order valence-corrected chi connectivity index (χ4v) is 1.75. The van der Waals surface area contributed by atoms with E-state index < -0.39 is 0 Å². The van der Waals surface area contributed by atoms with Crippen LogP contribution < -0.4 is 10.1 Å². The first-order chi connectivity index (χ1) is 8.70. The maximum atomic E-state index is 12.1. The monoisotopic (exact) mass is 241 g/mol. The Balaban J connectivity index is 2.22. The molecule has 92 valence electrons. The van der Waals surface area contributed by atoms with Crippen molar-refractivity contribution in [3.8, 4) is 5.75 Å². The Morgan fingerprint density at radius 3 is 2.61 bits per heavy atom. The highest BCUT2D eigenvalue weighted by molar-refractivity contribution is 6.06. The molecule has 2 aromatic carbocycles. The third-order valence-electron chi connectivity index (χ3n) is 2.63. The van der Waals surface area contributed by atoms with E-state index in [1.54, 1.807) is 19.2 Å². The average Bonchev–Trinajstić information content (AvgIpc) is 2.38. The number of anilines is 1. The van der Waals surface area contributed by atoms with Gasteiger partial charge in [-0.3, -0.25) is 4.79 Å². The summed E-state index contributed by atoms with van der Waals surface area (Å²) < 4.78 is 5.17. The van der Waals surface area contributed by atoms with Crippen molar-refractivity contribution >= 4 is 11.6 Å². The van der Waals surface area contributed by atoms with Crippen molar-refractivity contribution in [3.05, 3.63) is 59.7 Å². The normalized spacial score (nSPS) is 9.89. The molecular formula is C15H15NO2. The van der Waals surface area contributed by atoms with E-state index in [0.29, 0.717) is 11.3 Å². The molecule has 0 heterocycles. The van der Waals surface area contributed by atoms with Gasteiger partial charge in [-0.05, 0) is 36.8 Å². The van der Waals surface area contributed by atoms with Crippen molar-refractivity contribution in [2.24, 2.45) is 0 Å². The fraction of sp³-hybridized carbons (Fsp3) is 0.133. The number of benzene rings is 2. The number of ether oxygens (including phenoxy) is 1. The lowest BCUT2D eigenvalue weighted by molar-refractivity contribution is 0.102. The summed E-state index contributed by atoms with van der Waals surface area (Å²) in [5, 5.41) is 2.85. The highest BCUT2D eigenvalue weighted by Gasteiger charge is 2.11. The van der Waals surface area contributed by atoms with E-state index in [9.17, 15) is 4.79 Å². The van der Waals surface area contributed by atoms with E-state index in [4.69, 9.17) is 4.74 Å². The highest BCUT2D eigenvalue weighted by atomic mass is 16.5. The smallest absolute Gasteiger partial charge is 0.259 e. The molecule has 0 unspecified atom stereocenters. The van der Waals surface area contributed by atoms with Crippen LogP contribution in [0.15, 0.2) is 48.5 Å². The number of aryl methyl sites for hydroxylation is 1. The standard InChI is InChI=1S/C15H15NO2/c1-11-6-5-7-12(10-11)16-15(17)13-8-3-4-9-14(13)18-2/h3-10H,1-2H3,(H,16,17). The summed E-state index contributed by atoms with van der Waals surface area (Å²) in [5.74, 6) is 0.403. The molecule has 0 atom stereocenters. The minimum absolute atomic E-state index is 0.168. The molecule has 0 aliphatic carbocycles. The van der Waals surface area contributed by atoms with Gasteiger partial charge in [0, 0.05) is 5.69 Å². The van der Waals surface area contributed by atoms with Gasteiger partial charge >= 0.3 is 0 Å². The van der Waals surface area contributed by atoms with Crippen LogP contribution in [0.5, 0.6) is 5.75 Å². The van der Waals surface area contributed by atoms with Gasteiger partial charge in [0.1, 0.15) is 5.75 Å². The highest BCUT2D eigenvalue weighted by Crippen LogP contribution is 2.19. The van der Waals surface area contributed by atoms with E-state index in [1.165, 1.54) is 0 Å². The molecule has 3 heteroatoms. The van der Waals surface area contributed by atoms with Crippen molar-refractivity contribution in [2.45, 2.75) is 6.92 Å². The number of amides is 1. The van der Waals surface area contributed by atoms with Crippen molar-refractivity contribution in [1.29, 1.82) is 0 Å². The first kappa shape index (κ1) is 12.2. The number of hydrogen-bond acceptors (Lipinski definition) is 2. The third kappa shape index (κ3) is 2.69. The molecule has 0 saturated carbocycles. The molecule has 1 amide bonds. The summed E-state index contributed by atoms with van der Waals surface area (Å²) in [6.07, 6.45) is 0. The quantitative estimate of drug-likeness (QED) is 0.895. The zero-order valence-corrected chi connectivity index (χ0v) is 10.4. The molecule has 0 aliphatic rings. The number of carbonyl (C=O) groups excluding carboxylic acids is 1. The lowest BCUT2D eigenvalue weighted by atomic mass is 10.1. The molecule has 1 N–H and O–H groups in total. The minimum atomic E-state index is -0.168.